The molecule has 14 heteroatoms. The molecule has 4 heterocycles. The lowest BCUT2D eigenvalue weighted by Gasteiger charge is -2.33. The molecule has 2 aromatic heterocycles. The van der Waals surface area contributed by atoms with Crippen LogP contribution < -0.4 is 15.1 Å². The van der Waals surface area contributed by atoms with Gasteiger partial charge in [-0.3, -0.25) is 9.48 Å². The number of halogens is 6. The first-order chi connectivity index (χ1) is 19.0. The maximum absolute atomic E-state index is 14.6. The van der Waals surface area contributed by atoms with Crippen LogP contribution in [0, 0.1) is 5.82 Å². The molecule has 0 radical (unpaired) electrons. The van der Waals surface area contributed by atoms with Gasteiger partial charge in [0, 0.05) is 51.6 Å². The molecule has 40 heavy (non-hydrogen) atoms. The summed E-state index contributed by atoms with van der Waals surface area (Å²) >= 11 is 3.14. The van der Waals surface area contributed by atoms with E-state index in [2.05, 4.69) is 36.5 Å². The van der Waals surface area contributed by atoms with Gasteiger partial charge in [-0.25, -0.2) is 18.2 Å². The molecule has 2 saturated heterocycles. The normalized spacial score (nSPS) is 17.2. The largest absolute Gasteiger partial charge is 0.370 e. The van der Waals surface area contributed by atoms with Gasteiger partial charge in [0.2, 0.25) is 0 Å². The number of nitrogens with one attached hydrogen (secondary N) is 1. The quantitative estimate of drug-likeness (QED) is 0.350. The number of hydrogen-bond donors (Lipinski definition) is 1. The lowest BCUT2D eigenvalue weighted by molar-refractivity contribution is -0.0221. The van der Waals surface area contributed by atoms with Gasteiger partial charge in [-0.2, -0.15) is 8.78 Å². The first-order valence-electron chi connectivity index (χ1n) is 12.6. The van der Waals surface area contributed by atoms with Gasteiger partial charge in [0.1, 0.15) is 23.1 Å². The molecule has 1 aromatic carbocycles. The third-order valence-corrected chi connectivity index (χ3v) is 7.66. The smallest absolute Gasteiger partial charge is 0.269 e. The zero-order chi connectivity index (χ0) is 28.6. The van der Waals surface area contributed by atoms with Crippen molar-refractivity contribution in [3.8, 4) is 11.3 Å². The Labute approximate surface area is 235 Å². The molecule has 0 aliphatic carbocycles. The Balaban J connectivity index is 1.45. The van der Waals surface area contributed by atoms with Crippen LogP contribution >= 0.6 is 15.9 Å². The van der Waals surface area contributed by atoms with E-state index in [0.717, 1.165) is 6.07 Å². The molecular weight excluding hydrogens is 601 g/mol. The molecule has 8 nitrogen and oxygen atoms in total. The topological polar surface area (TPSA) is 79.2 Å². The number of alkyl halides is 2. The third-order valence-electron chi connectivity index (χ3n) is 7.05. The predicted octanol–water partition coefficient (Wildman–Crippen LogP) is 6.02. The number of hydrogen-bond acceptors (Lipinski definition) is 6. The van der Waals surface area contributed by atoms with Gasteiger partial charge >= 0.3 is 0 Å². The van der Waals surface area contributed by atoms with Crippen LogP contribution in [0.1, 0.15) is 36.0 Å². The predicted molar refractivity (Wildman–Crippen MR) is 143 cm³/mol. The van der Waals surface area contributed by atoms with Crippen molar-refractivity contribution in [3.05, 3.63) is 58.0 Å². The molecule has 2 fully saturated rings. The van der Waals surface area contributed by atoms with Gasteiger partial charge in [0.15, 0.2) is 0 Å². The molecule has 5 rings (SSSR count). The number of aryl methyl sites for hydroxylation is 1. The Kier molecular flexibility index (Phi) is 7.80. The summed E-state index contributed by atoms with van der Waals surface area (Å²) in [6.45, 7) is 0.578. The second-order valence-electron chi connectivity index (χ2n) is 9.78. The number of pyridine rings is 1. The van der Waals surface area contributed by atoms with Gasteiger partial charge in [0.05, 0.1) is 21.9 Å². The average Bonchev–Trinajstić information content (AvgIpc) is 3.36. The molecular formula is C26H25BrF5N7O. The Bertz CT molecular complexity index is 1450. The van der Waals surface area contributed by atoms with Crippen molar-refractivity contribution in [2.45, 2.75) is 31.6 Å². The van der Waals surface area contributed by atoms with E-state index in [1.807, 2.05) is 0 Å². The molecule has 0 unspecified atom stereocenters. The van der Waals surface area contributed by atoms with Gasteiger partial charge in [-0.1, -0.05) is 5.21 Å². The number of aromatic nitrogens is 4. The maximum atomic E-state index is 14.6. The van der Waals surface area contributed by atoms with Gasteiger partial charge in [-0.05, 0) is 58.6 Å². The van der Waals surface area contributed by atoms with Crippen molar-refractivity contribution < 1.29 is 26.7 Å². The van der Waals surface area contributed by atoms with E-state index in [4.69, 9.17) is 0 Å². The highest BCUT2D eigenvalue weighted by molar-refractivity contribution is 9.10. The van der Waals surface area contributed by atoms with Crippen molar-refractivity contribution in [3.63, 3.8) is 0 Å². The number of carbonyl (C=O) groups is 1. The van der Waals surface area contributed by atoms with Crippen molar-refractivity contribution in [1.29, 1.82) is 0 Å². The summed E-state index contributed by atoms with van der Waals surface area (Å²) in [5, 5.41) is 10.7. The molecule has 212 valence electrons. The minimum absolute atomic E-state index is 0.00724. The first-order valence-corrected chi connectivity index (χ1v) is 13.4. The summed E-state index contributed by atoms with van der Waals surface area (Å²) in [7, 11) is 1.70. The number of nitrogens with zero attached hydrogens (tertiary/aromatic N) is 6. The van der Waals surface area contributed by atoms with Gasteiger partial charge in [-0.15, -0.1) is 5.10 Å². The van der Waals surface area contributed by atoms with Crippen LogP contribution in [-0.2, 0) is 7.05 Å². The van der Waals surface area contributed by atoms with E-state index in [0.29, 0.717) is 22.8 Å². The van der Waals surface area contributed by atoms with Gasteiger partial charge < -0.3 is 15.1 Å². The fourth-order valence-corrected chi connectivity index (χ4v) is 5.18. The molecule has 0 atom stereocenters. The van der Waals surface area contributed by atoms with E-state index in [-0.39, 0.29) is 73.3 Å². The number of carbonyl (C=O) groups excluding carboxylic acids is 1. The Morgan fingerprint density at radius 2 is 1.75 bits per heavy atom. The van der Waals surface area contributed by atoms with Crippen LogP contribution in [0.25, 0.3) is 11.3 Å². The minimum Gasteiger partial charge on any atom is -0.370 e. The SMILES string of the molecule is Cn1cc(-c2ccc(NC(=O)c3cc(F)c(Br)cc3N3CCC(=C(F)F)CC3)nc2N2CCC(F)(F)CC2)nn1. The van der Waals surface area contributed by atoms with E-state index < -0.39 is 23.7 Å². The molecule has 0 bridgehead atoms. The fraction of sp³-hybridized carbons (Fsp3) is 0.385. The van der Waals surface area contributed by atoms with Crippen LogP contribution in [0.3, 0.4) is 0 Å². The van der Waals surface area contributed by atoms with Crippen molar-refractivity contribution in [1.82, 2.24) is 20.0 Å². The highest BCUT2D eigenvalue weighted by Gasteiger charge is 2.35. The minimum atomic E-state index is -2.77. The summed E-state index contributed by atoms with van der Waals surface area (Å²) in [4.78, 5) is 21.5. The number of piperidine rings is 2. The number of amides is 1. The zero-order valence-electron chi connectivity index (χ0n) is 21.4. The van der Waals surface area contributed by atoms with Crippen LogP contribution in [0.4, 0.5) is 39.3 Å². The summed E-state index contributed by atoms with van der Waals surface area (Å²) in [6.07, 6.45) is -0.453. The Hall–Kier alpha value is -3.55. The Morgan fingerprint density at radius 3 is 2.38 bits per heavy atom. The third kappa shape index (κ3) is 5.96. The number of benzene rings is 1. The number of rotatable bonds is 5. The van der Waals surface area contributed by atoms with Crippen LogP contribution in [0.15, 0.2) is 46.6 Å². The summed E-state index contributed by atoms with van der Waals surface area (Å²) < 4.78 is 70.0. The maximum Gasteiger partial charge on any atom is 0.269 e. The molecule has 0 spiro atoms. The number of anilines is 3. The van der Waals surface area contributed by atoms with E-state index >= 15 is 0 Å². The summed E-state index contributed by atoms with van der Waals surface area (Å²) in [6, 6.07) is 5.74. The first kappa shape index (κ1) is 28.0. The second-order valence-corrected chi connectivity index (χ2v) is 10.6. The van der Waals surface area contributed by atoms with Crippen molar-refractivity contribution in [2.24, 2.45) is 7.05 Å². The lowest BCUT2D eigenvalue weighted by Crippen LogP contribution is -2.40. The van der Waals surface area contributed by atoms with E-state index in [1.165, 1.54) is 10.7 Å². The highest BCUT2D eigenvalue weighted by Crippen LogP contribution is 2.36. The van der Waals surface area contributed by atoms with E-state index in [9.17, 15) is 26.7 Å². The molecule has 1 amide bonds. The monoisotopic (exact) mass is 625 g/mol. The molecule has 1 N–H and O–H groups in total. The lowest BCUT2D eigenvalue weighted by atomic mass is 10.0. The van der Waals surface area contributed by atoms with Crippen LogP contribution in [0.2, 0.25) is 0 Å². The average molecular weight is 626 g/mol. The molecule has 2 aliphatic heterocycles. The fourth-order valence-electron chi connectivity index (χ4n) is 4.85. The standard InChI is InChI=1S/C26H25BrF5N7O/c1-37-14-20(35-36-37)16-2-3-22(33-24(16)39-10-6-26(31,32)7-11-39)34-25(40)17-12-19(28)18(27)13-21(17)38-8-4-15(5-9-38)23(29)30/h2-3,12-14H,4-11H2,1H3,(H,33,34,40). The molecule has 2 aliphatic rings. The van der Waals surface area contributed by atoms with E-state index in [1.54, 1.807) is 35.2 Å². The molecule has 0 saturated carbocycles. The van der Waals surface area contributed by atoms with Crippen molar-refractivity contribution in [2.75, 3.05) is 41.3 Å². The van der Waals surface area contributed by atoms with Crippen LogP contribution in [-0.4, -0.2) is 58.0 Å². The molecule has 3 aromatic rings. The Morgan fingerprint density at radius 1 is 1.05 bits per heavy atom. The highest BCUT2D eigenvalue weighted by atomic mass is 79.9. The zero-order valence-corrected chi connectivity index (χ0v) is 23.0. The van der Waals surface area contributed by atoms with Crippen LogP contribution in [0.5, 0.6) is 0 Å². The van der Waals surface area contributed by atoms with Gasteiger partial charge in [0.25, 0.3) is 17.9 Å². The second kappa shape index (κ2) is 11.1. The van der Waals surface area contributed by atoms with Crippen molar-refractivity contribution >= 4 is 39.2 Å². The summed E-state index contributed by atoms with van der Waals surface area (Å²) in [5.41, 5.74) is 1.51. The summed E-state index contributed by atoms with van der Waals surface area (Å²) in [5.74, 6) is -3.60.